The number of benzene rings is 1. The van der Waals surface area contributed by atoms with Gasteiger partial charge in [0.05, 0.1) is 12.7 Å². The molecule has 1 aromatic rings. The van der Waals surface area contributed by atoms with E-state index in [-0.39, 0.29) is 5.91 Å². The number of nitrogens with one attached hydrogen (secondary N) is 1. The van der Waals surface area contributed by atoms with Gasteiger partial charge in [-0.2, -0.15) is 11.8 Å². The molecule has 1 aromatic carbocycles. The highest BCUT2D eigenvalue weighted by Crippen LogP contribution is 2.19. The first-order valence-electron chi connectivity index (χ1n) is 5.59. The average molecular weight is 266 g/mol. The molecule has 4 nitrogen and oxygen atoms in total. The van der Waals surface area contributed by atoms with Gasteiger partial charge in [0.2, 0.25) is 0 Å². The number of hydrogen-bond donors (Lipinski definition) is 2. The number of amides is 1. The van der Waals surface area contributed by atoms with Crippen LogP contribution in [0.3, 0.4) is 0 Å². The van der Waals surface area contributed by atoms with Gasteiger partial charge in [-0.1, -0.05) is 6.08 Å². The number of carbonyl (C=O) groups is 1. The molecule has 0 saturated carbocycles. The van der Waals surface area contributed by atoms with E-state index in [1.807, 2.05) is 6.08 Å². The van der Waals surface area contributed by atoms with Gasteiger partial charge in [0.25, 0.3) is 5.91 Å². The molecule has 18 heavy (non-hydrogen) atoms. The van der Waals surface area contributed by atoms with Crippen molar-refractivity contribution in [1.29, 1.82) is 0 Å². The lowest BCUT2D eigenvalue weighted by molar-refractivity contribution is 0.0956. The van der Waals surface area contributed by atoms with Crippen LogP contribution in [-0.4, -0.2) is 31.1 Å². The van der Waals surface area contributed by atoms with Crippen molar-refractivity contribution in [3.8, 4) is 5.75 Å². The van der Waals surface area contributed by atoms with Crippen LogP contribution >= 0.6 is 11.8 Å². The second kappa shape index (κ2) is 7.66. The summed E-state index contributed by atoms with van der Waals surface area (Å²) >= 11 is 1.71. The molecular formula is C13H18N2O2S. The second-order valence-corrected chi connectivity index (χ2v) is 4.72. The van der Waals surface area contributed by atoms with Crippen LogP contribution in [0.15, 0.2) is 30.9 Å². The topological polar surface area (TPSA) is 64.3 Å². The van der Waals surface area contributed by atoms with Crippen molar-refractivity contribution in [3.63, 3.8) is 0 Å². The Morgan fingerprint density at radius 1 is 1.61 bits per heavy atom. The predicted molar refractivity (Wildman–Crippen MR) is 77.3 cm³/mol. The number of ether oxygens (including phenoxy) is 1. The Hall–Kier alpha value is -1.62. The number of anilines is 1. The SMILES string of the molecule is C=CCSCCNC(=O)c1cc(OC)ccc1N. The molecule has 0 saturated heterocycles. The molecule has 0 bridgehead atoms. The monoisotopic (exact) mass is 266 g/mol. The Balaban J connectivity index is 2.52. The molecule has 0 aliphatic carbocycles. The molecule has 0 fully saturated rings. The Labute approximate surface area is 112 Å². The summed E-state index contributed by atoms with van der Waals surface area (Å²) in [5.74, 6) is 2.18. The number of carbonyl (C=O) groups excluding carboxylic acids is 1. The van der Waals surface area contributed by atoms with Crippen LogP contribution in [0.4, 0.5) is 5.69 Å². The summed E-state index contributed by atoms with van der Waals surface area (Å²) < 4.78 is 5.07. The highest BCUT2D eigenvalue weighted by atomic mass is 32.2. The zero-order valence-electron chi connectivity index (χ0n) is 10.4. The molecule has 3 N–H and O–H groups in total. The number of methoxy groups -OCH3 is 1. The summed E-state index contributed by atoms with van der Waals surface area (Å²) in [5, 5.41) is 2.82. The highest BCUT2D eigenvalue weighted by Gasteiger charge is 2.10. The molecule has 0 aliphatic heterocycles. The van der Waals surface area contributed by atoms with Gasteiger partial charge in [-0.05, 0) is 18.2 Å². The number of thioether (sulfide) groups is 1. The Bertz CT molecular complexity index is 421. The van der Waals surface area contributed by atoms with E-state index in [9.17, 15) is 4.79 Å². The Morgan fingerprint density at radius 2 is 2.39 bits per heavy atom. The van der Waals surface area contributed by atoms with E-state index >= 15 is 0 Å². The van der Waals surface area contributed by atoms with E-state index in [1.54, 1.807) is 37.1 Å². The van der Waals surface area contributed by atoms with Crippen molar-refractivity contribution in [2.24, 2.45) is 0 Å². The van der Waals surface area contributed by atoms with Crippen molar-refractivity contribution in [1.82, 2.24) is 5.32 Å². The summed E-state index contributed by atoms with van der Waals surface area (Å²) in [4.78, 5) is 11.9. The summed E-state index contributed by atoms with van der Waals surface area (Å²) in [6, 6.07) is 5.04. The molecule has 0 radical (unpaired) electrons. The number of rotatable bonds is 7. The maximum absolute atomic E-state index is 11.9. The first-order valence-corrected chi connectivity index (χ1v) is 6.75. The second-order valence-electron chi connectivity index (χ2n) is 3.57. The van der Waals surface area contributed by atoms with E-state index in [2.05, 4.69) is 11.9 Å². The Kier molecular flexibility index (Phi) is 6.14. The molecule has 0 heterocycles. The third-order valence-corrected chi connectivity index (χ3v) is 3.24. The van der Waals surface area contributed by atoms with Gasteiger partial charge in [0.1, 0.15) is 5.75 Å². The molecule has 0 spiro atoms. The Morgan fingerprint density at radius 3 is 3.06 bits per heavy atom. The fourth-order valence-corrected chi connectivity index (χ4v) is 1.94. The lowest BCUT2D eigenvalue weighted by Gasteiger charge is -2.08. The van der Waals surface area contributed by atoms with Crippen molar-refractivity contribution in [3.05, 3.63) is 36.4 Å². The fourth-order valence-electron chi connectivity index (χ4n) is 1.36. The minimum atomic E-state index is -0.175. The van der Waals surface area contributed by atoms with Crippen molar-refractivity contribution >= 4 is 23.4 Å². The van der Waals surface area contributed by atoms with Crippen LogP contribution in [0.2, 0.25) is 0 Å². The van der Waals surface area contributed by atoms with Crippen LogP contribution in [-0.2, 0) is 0 Å². The van der Waals surface area contributed by atoms with Gasteiger partial charge in [-0.3, -0.25) is 4.79 Å². The summed E-state index contributed by atoms with van der Waals surface area (Å²) in [5.41, 5.74) is 6.66. The van der Waals surface area contributed by atoms with Crippen molar-refractivity contribution < 1.29 is 9.53 Å². The molecule has 0 atom stereocenters. The first kappa shape index (κ1) is 14.4. The van der Waals surface area contributed by atoms with E-state index in [1.165, 1.54) is 0 Å². The van der Waals surface area contributed by atoms with Gasteiger partial charge >= 0.3 is 0 Å². The maximum atomic E-state index is 11.9. The zero-order valence-corrected chi connectivity index (χ0v) is 11.3. The van der Waals surface area contributed by atoms with Crippen LogP contribution in [0.5, 0.6) is 5.75 Å². The molecule has 1 rings (SSSR count). The lowest BCUT2D eigenvalue weighted by Crippen LogP contribution is -2.26. The van der Waals surface area contributed by atoms with Gasteiger partial charge in [0.15, 0.2) is 0 Å². The summed E-state index contributed by atoms with van der Waals surface area (Å²) in [6.45, 7) is 4.24. The lowest BCUT2D eigenvalue weighted by atomic mass is 10.1. The van der Waals surface area contributed by atoms with Gasteiger partial charge in [-0.15, -0.1) is 6.58 Å². The zero-order chi connectivity index (χ0) is 13.4. The number of nitrogen functional groups attached to an aromatic ring is 1. The summed E-state index contributed by atoms with van der Waals surface area (Å²) in [6.07, 6.45) is 1.84. The summed E-state index contributed by atoms with van der Waals surface area (Å²) in [7, 11) is 1.55. The smallest absolute Gasteiger partial charge is 0.253 e. The normalized spacial score (nSPS) is 9.83. The van der Waals surface area contributed by atoms with Crippen LogP contribution < -0.4 is 15.8 Å². The van der Waals surface area contributed by atoms with Crippen molar-refractivity contribution in [2.75, 3.05) is 30.9 Å². The quantitative estimate of drug-likeness (QED) is 0.449. The fraction of sp³-hybridized carbons (Fsp3) is 0.308. The molecular weight excluding hydrogens is 248 g/mol. The number of nitrogens with two attached hydrogens (primary N) is 1. The minimum Gasteiger partial charge on any atom is -0.497 e. The van der Waals surface area contributed by atoms with Crippen LogP contribution in [0.25, 0.3) is 0 Å². The van der Waals surface area contributed by atoms with Gasteiger partial charge < -0.3 is 15.8 Å². The minimum absolute atomic E-state index is 0.175. The van der Waals surface area contributed by atoms with E-state index in [4.69, 9.17) is 10.5 Å². The van der Waals surface area contributed by atoms with E-state index in [0.29, 0.717) is 23.5 Å². The van der Waals surface area contributed by atoms with Gasteiger partial charge in [0, 0.05) is 23.7 Å². The first-order chi connectivity index (χ1) is 8.69. The molecule has 98 valence electrons. The van der Waals surface area contributed by atoms with Crippen molar-refractivity contribution in [2.45, 2.75) is 0 Å². The molecule has 0 unspecified atom stereocenters. The highest BCUT2D eigenvalue weighted by molar-refractivity contribution is 7.99. The molecule has 0 aromatic heterocycles. The predicted octanol–water partition coefficient (Wildman–Crippen LogP) is 1.93. The molecule has 5 heteroatoms. The third kappa shape index (κ3) is 4.33. The molecule has 1 amide bonds. The number of hydrogen-bond acceptors (Lipinski definition) is 4. The van der Waals surface area contributed by atoms with E-state index in [0.717, 1.165) is 11.5 Å². The largest absolute Gasteiger partial charge is 0.497 e. The average Bonchev–Trinajstić information content (AvgIpc) is 2.39. The van der Waals surface area contributed by atoms with Gasteiger partial charge in [-0.25, -0.2) is 0 Å². The van der Waals surface area contributed by atoms with Crippen LogP contribution in [0.1, 0.15) is 10.4 Å². The van der Waals surface area contributed by atoms with Crippen LogP contribution in [0, 0.1) is 0 Å². The molecule has 0 aliphatic rings. The maximum Gasteiger partial charge on any atom is 0.253 e. The third-order valence-electron chi connectivity index (χ3n) is 2.27. The van der Waals surface area contributed by atoms with E-state index < -0.39 is 0 Å². The standard InChI is InChI=1S/C13H18N2O2S/c1-3-7-18-8-6-15-13(16)11-9-10(17-2)4-5-12(11)14/h3-5,9H,1,6-8,14H2,2H3,(H,15,16).